The van der Waals surface area contributed by atoms with Crippen molar-refractivity contribution in [2.45, 2.75) is 37.8 Å². The van der Waals surface area contributed by atoms with Gasteiger partial charge < -0.3 is 31.1 Å². The maximum absolute atomic E-state index is 12.5. The van der Waals surface area contributed by atoms with Crippen LogP contribution in [0.25, 0.3) is 22.4 Å². The second-order valence-electron chi connectivity index (χ2n) is 8.55. The Kier molecular flexibility index (Phi) is 9.76. The summed E-state index contributed by atoms with van der Waals surface area (Å²) in [6.45, 7) is 0. The number of aliphatic carboxylic acids is 2. The molecular weight excluding hydrogens is 532 g/mol. The number of nitrogens with one attached hydrogen (secondary N) is 2. The lowest BCUT2D eigenvalue weighted by atomic mass is 10.0. The highest BCUT2D eigenvalue weighted by Gasteiger charge is 2.28. The lowest BCUT2D eigenvalue weighted by Gasteiger charge is -2.20. The van der Waals surface area contributed by atoms with Gasteiger partial charge in [0.25, 0.3) is 0 Å². The van der Waals surface area contributed by atoms with Gasteiger partial charge in [0.05, 0.1) is 12.8 Å². The number of carboxylic acid groups (broad SMARTS) is 2. The maximum Gasteiger partial charge on any atom is 0.305 e. The summed E-state index contributed by atoms with van der Waals surface area (Å²) in [7, 11) is 0. The van der Waals surface area contributed by atoms with Crippen LogP contribution < -0.4 is 16.4 Å². The Balaban J connectivity index is 1.59. The molecule has 0 saturated carbocycles. The molecule has 204 valence electrons. The summed E-state index contributed by atoms with van der Waals surface area (Å²) in [6, 6.07) is 13.5. The van der Waals surface area contributed by atoms with E-state index in [9.17, 15) is 24.0 Å². The van der Waals surface area contributed by atoms with Crippen LogP contribution in [0.3, 0.4) is 0 Å². The van der Waals surface area contributed by atoms with E-state index in [-0.39, 0.29) is 12.8 Å². The number of benzene rings is 2. The molecule has 3 amide bonds. The average Bonchev–Trinajstić information content (AvgIpc) is 3.35. The predicted octanol–water partition coefficient (Wildman–Crippen LogP) is 2.00. The standard InChI is InChI=1S/C26H25ClN4O8/c27-17-3-1-2-16(10-17)14-4-6-15(7-5-14)19-11-18(39-31-19)8-9-22(32)29-21(13-24(35)36)26(38)30-20(25(28)37)12-23(33)34/h1-7,10-11,20-21H,8-9,12-13H2,(H2,28,37)(H,29,32)(H,30,38)(H,33,34)(H,35,36)/t20?,21-/m0/s1. The zero-order chi connectivity index (χ0) is 28.5. The minimum atomic E-state index is -1.57. The normalized spacial score (nSPS) is 12.2. The van der Waals surface area contributed by atoms with Gasteiger partial charge in [0, 0.05) is 29.5 Å². The fourth-order valence-electron chi connectivity index (χ4n) is 3.63. The molecular formula is C26H25ClN4O8. The minimum absolute atomic E-state index is 0.101. The second kappa shape index (κ2) is 13.2. The number of aromatic nitrogens is 1. The maximum atomic E-state index is 12.5. The third-order valence-corrected chi connectivity index (χ3v) is 5.80. The molecule has 3 aromatic rings. The average molecular weight is 557 g/mol. The van der Waals surface area contributed by atoms with Gasteiger partial charge in [-0.3, -0.25) is 24.0 Å². The number of nitrogens with two attached hydrogens (primary N) is 1. The van der Waals surface area contributed by atoms with Crippen LogP contribution in [0.4, 0.5) is 0 Å². The summed E-state index contributed by atoms with van der Waals surface area (Å²) in [6.07, 6.45) is -1.66. The molecule has 0 saturated heterocycles. The number of carbonyl (C=O) groups excluding carboxylic acids is 3. The molecule has 2 atom stereocenters. The van der Waals surface area contributed by atoms with E-state index >= 15 is 0 Å². The summed E-state index contributed by atoms with van der Waals surface area (Å²) < 4.78 is 5.31. The van der Waals surface area contributed by atoms with Crippen LogP contribution in [0.15, 0.2) is 59.1 Å². The summed E-state index contributed by atoms with van der Waals surface area (Å²) in [5.74, 6) is -5.26. The Morgan fingerprint density at radius 3 is 2.13 bits per heavy atom. The lowest BCUT2D eigenvalue weighted by molar-refractivity contribution is -0.142. The van der Waals surface area contributed by atoms with E-state index in [4.69, 9.17) is 32.1 Å². The summed E-state index contributed by atoms with van der Waals surface area (Å²) in [5, 5.41) is 26.9. The van der Waals surface area contributed by atoms with Crippen molar-refractivity contribution in [3.63, 3.8) is 0 Å². The highest BCUT2D eigenvalue weighted by Crippen LogP contribution is 2.26. The zero-order valence-electron chi connectivity index (χ0n) is 20.4. The molecule has 0 radical (unpaired) electrons. The van der Waals surface area contributed by atoms with Gasteiger partial charge in [-0.05, 0) is 23.3 Å². The van der Waals surface area contributed by atoms with E-state index in [1.165, 1.54) is 0 Å². The first-order valence-electron chi connectivity index (χ1n) is 11.7. The Hall–Kier alpha value is -4.71. The fourth-order valence-corrected chi connectivity index (χ4v) is 3.82. The molecule has 1 aromatic heterocycles. The Morgan fingerprint density at radius 2 is 1.51 bits per heavy atom. The molecule has 0 aliphatic carbocycles. The van der Waals surface area contributed by atoms with Crippen molar-refractivity contribution in [3.8, 4) is 22.4 Å². The van der Waals surface area contributed by atoms with Crippen LogP contribution >= 0.6 is 11.6 Å². The molecule has 0 bridgehead atoms. The minimum Gasteiger partial charge on any atom is -0.481 e. The van der Waals surface area contributed by atoms with Crippen LogP contribution in [0.5, 0.6) is 0 Å². The van der Waals surface area contributed by atoms with E-state index in [2.05, 4.69) is 15.8 Å². The number of hydrogen-bond donors (Lipinski definition) is 5. The van der Waals surface area contributed by atoms with E-state index in [0.717, 1.165) is 16.7 Å². The Labute approximate surface area is 227 Å². The number of rotatable bonds is 13. The van der Waals surface area contributed by atoms with Gasteiger partial charge in [-0.25, -0.2) is 0 Å². The number of hydrogen-bond acceptors (Lipinski definition) is 7. The van der Waals surface area contributed by atoms with Crippen LogP contribution in [-0.2, 0) is 30.4 Å². The van der Waals surface area contributed by atoms with E-state index < -0.39 is 54.6 Å². The van der Waals surface area contributed by atoms with Gasteiger partial charge in [0.1, 0.15) is 23.5 Å². The quantitative estimate of drug-likeness (QED) is 0.208. The van der Waals surface area contributed by atoms with Gasteiger partial charge >= 0.3 is 11.9 Å². The van der Waals surface area contributed by atoms with Crippen LogP contribution in [-0.4, -0.2) is 57.1 Å². The smallest absolute Gasteiger partial charge is 0.305 e. The van der Waals surface area contributed by atoms with Crippen LogP contribution in [0.1, 0.15) is 25.0 Å². The predicted molar refractivity (Wildman–Crippen MR) is 138 cm³/mol. The number of primary amides is 1. The van der Waals surface area contributed by atoms with Crippen molar-refractivity contribution in [2.75, 3.05) is 0 Å². The van der Waals surface area contributed by atoms with Crippen molar-refractivity contribution in [3.05, 3.63) is 65.4 Å². The fraction of sp³-hybridized carbons (Fsp3) is 0.231. The largest absolute Gasteiger partial charge is 0.481 e. The van der Waals surface area contributed by atoms with Gasteiger partial charge in [-0.15, -0.1) is 0 Å². The van der Waals surface area contributed by atoms with Crippen LogP contribution in [0.2, 0.25) is 5.02 Å². The molecule has 6 N–H and O–H groups in total. The number of halogens is 1. The lowest BCUT2D eigenvalue weighted by Crippen LogP contribution is -2.54. The molecule has 13 heteroatoms. The highest BCUT2D eigenvalue weighted by molar-refractivity contribution is 6.30. The molecule has 0 spiro atoms. The van der Waals surface area contributed by atoms with Gasteiger partial charge in [-0.1, -0.05) is 53.2 Å². The molecule has 0 aliphatic rings. The van der Waals surface area contributed by atoms with E-state index in [1.807, 2.05) is 42.5 Å². The molecule has 0 fully saturated rings. The number of nitrogens with zero attached hydrogens (tertiary/aromatic N) is 1. The third kappa shape index (κ3) is 8.68. The van der Waals surface area contributed by atoms with Crippen molar-refractivity contribution in [1.29, 1.82) is 0 Å². The van der Waals surface area contributed by atoms with Crippen molar-refractivity contribution in [1.82, 2.24) is 15.8 Å². The van der Waals surface area contributed by atoms with Gasteiger partial charge in [0.15, 0.2) is 0 Å². The summed E-state index contributed by atoms with van der Waals surface area (Å²) >= 11 is 6.06. The van der Waals surface area contributed by atoms with Gasteiger partial charge in [0.2, 0.25) is 17.7 Å². The first kappa shape index (κ1) is 28.9. The van der Waals surface area contributed by atoms with Crippen molar-refractivity contribution < 1.29 is 38.7 Å². The van der Waals surface area contributed by atoms with E-state index in [0.29, 0.717) is 16.5 Å². The molecule has 1 unspecified atom stereocenters. The Bertz CT molecular complexity index is 1370. The second-order valence-corrected chi connectivity index (χ2v) is 8.98. The molecule has 12 nitrogen and oxygen atoms in total. The summed E-state index contributed by atoms with van der Waals surface area (Å²) in [5.41, 5.74) is 8.34. The number of amides is 3. The molecule has 0 aliphatic heterocycles. The SMILES string of the molecule is NC(=O)C(CC(=O)O)NC(=O)[C@H](CC(=O)O)NC(=O)CCc1cc(-c2ccc(-c3cccc(Cl)c3)cc2)no1. The topological polar surface area (TPSA) is 202 Å². The molecule has 1 heterocycles. The molecule has 3 rings (SSSR count). The summed E-state index contributed by atoms with van der Waals surface area (Å²) in [4.78, 5) is 58.4. The van der Waals surface area contributed by atoms with Crippen molar-refractivity contribution in [2.24, 2.45) is 5.73 Å². The monoisotopic (exact) mass is 556 g/mol. The van der Waals surface area contributed by atoms with Crippen molar-refractivity contribution >= 4 is 41.3 Å². The number of carboxylic acids is 2. The Morgan fingerprint density at radius 1 is 0.872 bits per heavy atom. The highest BCUT2D eigenvalue weighted by atomic mass is 35.5. The third-order valence-electron chi connectivity index (χ3n) is 5.57. The van der Waals surface area contributed by atoms with E-state index in [1.54, 1.807) is 12.1 Å². The number of aryl methyl sites for hydroxylation is 1. The molecule has 39 heavy (non-hydrogen) atoms. The molecule has 2 aromatic carbocycles. The number of carbonyl (C=O) groups is 5. The van der Waals surface area contributed by atoms with Gasteiger partial charge in [-0.2, -0.15) is 0 Å². The van der Waals surface area contributed by atoms with Crippen LogP contribution in [0, 0.1) is 0 Å². The first-order chi connectivity index (χ1) is 18.5. The first-order valence-corrected chi connectivity index (χ1v) is 12.0. The zero-order valence-corrected chi connectivity index (χ0v) is 21.2.